The molecule has 1 atom stereocenters. The van der Waals surface area contributed by atoms with Gasteiger partial charge in [-0.15, -0.1) is 0 Å². The molecule has 2 heterocycles. The number of halogens is 1. The van der Waals surface area contributed by atoms with E-state index in [-0.39, 0.29) is 11.9 Å². The van der Waals surface area contributed by atoms with Gasteiger partial charge in [-0.1, -0.05) is 57.9 Å². The summed E-state index contributed by atoms with van der Waals surface area (Å²) in [5.74, 6) is 0.739. The van der Waals surface area contributed by atoms with Gasteiger partial charge in [-0.05, 0) is 54.4 Å². The van der Waals surface area contributed by atoms with Crippen molar-refractivity contribution in [2.75, 3.05) is 7.11 Å². The molecule has 0 aliphatic carbocycles. The first kappa shape index (κ1) is 20.5. The number of ether oxygens (including phenoxy) is 1. The SMILES string of the molecule is COc1ccc(-c2n[nH]c3c2C(c2ccc(Br)cc2)N(Cc2ccc(C)cc2)C3=O)cc1. The molecule has 32 heavy (non-hydrogen) atoms. The number of hydrogen-bond acceptors (Lipinski definition) is 3. The van der Waals surface area contributed by atoms with E-state index in [1.807, 2.05) is 41.3 Å². The van der Waals surface area contributed by atoms with Crippen LogP contribution in [0.2, 0.25) is 0 Å². The molecule has 1 aliphatic rings. The molecule has 0 fully saturated rings. The van der Waals surface area contributed by atoms with Crippen molar-refractivity contribution in [3.8, 4) is 17.0 Å². The second-order valence-corrected chi connectivity index (χ2v) is 8.88. The van der Waals surface area contributed by atoms with E-state index >= 15 is 0 Å². The summed E-state index contributed by atoms with van der Waals surface area (Å²) in [5.41, 5.74) is 6.53. The number of aromatic amines is 1. The van der Waals surface area contributed by atoms with E-state index in [0.717, 1.165) is 38.2 Å². The lowest BCUT2D eigenvalue weighted by molar-refractivity contribution is 0.0730. The zero-order valence-electron chi connectivity index (χ0n) is 17.8. The minimum absolute atomic E-state index is 0.0410. The van der Waals surface area contributed by atoms with Gasteiger partial charge in [-0.2, -0.15) is 5.10 Å². The molecule has 3 aromatic carbocycles. The predicted octanol–water partition coefficient (Wildman–Crippen LogP) is 5.90. The number of nitrogens with one attached hydrogen (secondary N) is 1. The first-order chi connectivity index (χ1) is 15.5. The molecule has 1 amide bonds. The lowest BCUT2D eigenvalue weighted by Crippen LogP contribution is -2.29. The quantitative estimate of drug-likeness (QED) is 0.381. The van der Waals surface area contributed by atoms with Crippen LogP contribution < -0.4 is 4.74 Å². The Kier molecular flexibility index (Phi) is 5.31. The van der Waals surface area contributed by atoms with Crippen LogP contribution in [0.15, 0.2) is 77.3 Å². The van der Waals surface area contributed by atoms with Gasteiger partial charge < -0.3 is 9.64 Å². The number of hydrogen-bond donors (Lipinski definition) is 1. The predicted molar refractivity (Wildman–Crippen MR) is 128 cm³/mol. The molecule has 1 N–H and O–H groups in total. The molecule has 5 nitrogen and oxygen atoms in total. The van der Waals surface area contributed by atoms with E-state index in [0.29, 0.717) is 12.2 Å². The second-order valence-electron chi connectivity index (χ2n) is 7.96. The van der Waals surface area contributed by atoms with E-state index in [4.69, 9.17) is 4.74 Å². The largest absolute Gasteiger partial charge is 0.497 e. The summed E-state index contributed by atoms with van der Waals surface area (Å²) in [4.78, 5) is 15.4. The number of H-pyrrole nitrogens is 1. The van der Waals surface area contributed by atoms with Crippen LogP contribution >= 0.6 is 15.9 Å². The average molecular weight is 488 g/mol. The van der Waals surface area contributed by atoms with E-state index in [1.165, 1.54) is 5.56 Å². The third-order valence-electron chi connectivity index (χ3n) is 5.89. The standard InChI is InChI=1S/C26H22BrN3O2/c1-16-3-5-17(6-4-16)15-30-25(19-7-11-20(27)12-8-19)22-23(28-29-24(22)26(30)31)18-9-13-21(32-2)14-10-18/h3-14,25H,15H2,1-2H3,(H,28,29). The van der Waals surface area contributed by atoms with E-state index < -0.39 is 0 Å². The average Bonchev–Trinajstić information content (AvgIpc) is 3.35. The Morgan fingerprint density at radius 2 is 1.69 bits per heavy atom. The van der Waals surface area contributed by atoms with Gasteiger partial charge in [0.15, 0.2) is 0 Å². The van der Waals surface area contributed by atoms with Crippen LogP contribution in [-0.4, -0.2) is 28.1 Å². The summed E-state index contributed by atoms with van der Waals surface area (Å²) >= 11 is 3.52. The zero-order chi connectivity index (χ0) is 22.2. The molecule has 0 radical (unpaired) electrons. The number of nitrogens with zero attached hydrogens (tertiary/aromatic N) is 2. The molecular formula is C26H22BrN3O2. The summed E-state index contributed by atoms with van der Waals surface area (Å²) in [6.07, 6.45) is 0. The Morgan fingerprint density at radius 3 is 2.34 bits per heavy atom. The topological polar surface area (TPSA) is 58.2 Å². The van der Waals surface area contributed by atoms with Crippen LogP contribution in [0.5, 0.6) is 5.75 Å². The zero-order valence-corrected chi connectivity index (χ0v) is 19.4. The molecule has 1 unspecified atom stereocenters. The second kappa shape index (κ2) is 8.28. The van der Waals surface area contributed by atoms with Crippen molar-refractivity contribution in [1.29, 1.82) is 0 Å². The molecule has 160 valence electrons. The van der Waals surface area contributed by atoms with Crippen molar-refractivity contribution in [2.45, 2.75) is 19.5 Å². The number of amides is 1. The molecule has 0 saturated heterocycles. The summed E-state index contributed by atoms with van der Waals surface area (Å²) in [6, 6.07) is 24.0. The fraction of sp³-hybridized carbons (Fsp3) is 0.154. The molecule has 1 aromatic heterocycles. The lowest BCUT2D eigenvalue weighted by atomic mass is 9.96. The van der Waals surface area contributed by atoms with Crippen molar-refractivity contribution in [3.63, 3.8) is 0 Å². The van der Waals surface area contributed by atoms with Crippen molar-refractivity contribution >= 4 is 21.8 Å². The van der Waals surface area contributed by atoms with Gasteiger partial charge in [-0.3, -0.25) is 9.89 Å². The number of carbonyl (C=O) groups is 1. The maximum absolute atomic E-state index is 13.5. The highest BCUT2D eigenvalue weighted by Crippen LogP contribution is 2.43. The van der Waals surface area contributed by atoms with Crippen LogP contribution in [0.1, 0.15) is 38.8 Å². The number of benzene rings is 3. The molecular weight excluding hydrogens is 466 g/mol. The number of aromatic nitrogens is 2. The first-order valence-corrected chi connectivity index (χ1v) is 11.2. The molecule has 6 heteroatoms. The number of fused-ring (bicyclic) bond motifs is 1. The van der Waals surface area contributed by atoms with E-state index in [1.54, 1.807) is 7.11 Å². The third kappa shape index (κ3) is 3.60. The normalized spacial score (nSPS) is 15.2. The maximum atomic E-state index is 13.5. The Hall–Kier alpha value is -3.38. The highest BCUT2D eigenvalue weighted by Gasteiger charge is 2.42. The van der Waals surface area contributed by atoms with Gasteiger partial charge >= 0.3 is 0 Å². The maximum Gasteiger partial charge on any atom is 0.273 e. The van der Waals surface area contributed by atoms with Crippen LogP contribution in [0.4, 0.5) is 0 Å². The van der Waals surface area contributed by atoms with E-state index in [9.17, 15) is 4.79 Å². The Morgan fingerprint density at radius 1 is 1.00 bits per heavy atom. The third-order valence-corrected chi connectivity index (χ3v) is 6.42. The van der Waals surface area contributed by atoms with Crippen molar-refractivity contribution in [3.05, 3.63) is 105 Å². The van der Waals surface area contributed by atoms with Crippen LogP contribution in [0.25, 0.3) is 11.3 Å². The molecule has 0 saturated carbocycles. The minimum atomic E-state index is -0.234. The lowest BCUT2D eigenvalue weighted by Gasteiger charge is -2.26. The van der Waals surface area contributed by atoms with Crippen LogP contribution in [0, 0.1) is 6.92 Å². The van der Waals surface area contributed by atoms with E-state index in [2.05, 4.69) is 69.4 Å². The number of aryl methyl sites for hydroxylation is 1. The van der Waals surface area contributed by atoms with Crippen LogP contribution in [-0.2, 0) is 6.54 Å². The van der Waals surface area contributed by atoms with Crippen molar-refractivity contribution in [2.24, 2.45) is 0 Å². The van der Waals surface area contributed by atoms with Crippen LogP contribution in [0.3, 0.4) is 0 Å². The highest BCUT2D eigenvalue weighted by atomic mass is 79.9. The van der Waals surface area contributed by atoms with Gasteiger partial charge in [0.05, 0.1) is 18.8 Å². The summed E-state index contributed by atoms with van der Waals surface area (Å²) < 4.78 is 6.29. The Labute approximate surface area is 195 Å². The monoisotopic (exact) mass is 487 g/mol. The summed E-state index contributed by atoms with van der Waals surface area (Å²) in [5, 5.41) is 7.56. The number of rotatable bonds is 5. The molecule has 1 aliphatic heterocycles. The summed E-state index contributed by atoms with van der Waals surface area (Å²) in [7, 11) is 1.65. The fourth-order valence-electron chi connectivity index (χ4n) is 4.21. The first-order valence-electron chi connectivity index (χ1n) is 10.4. The Bertz CT molecular complexity index is 1260. The van der Waals surface area contributed by atoms with Gasteiger partial charge in [0.2, 0.25) is 0 Å². The van der Waals surface area contributed by atoms with Gasteiger partial charge in [0, 0.05) is 22.1 Å². The molecule has 0 bridgehead atoms. The van der Waals surface area contributed by atoms with Crippen molar-refractivity contribution < 1.29 is 9.53 Å². The van der Waals surface area contributed by atoms with Gasteiger partial charge in [0.1, 0.15) is 11.4 Å². The molecule has 5 rings (SSSR count). The van der Waals surface area contributed by atoms with Gasteiger partial charge in [-0.25, -0.2) is 0 Å². The fourth-order valence-corrected chi connectivity index (χ4v) is 4.47. The number of carbonyl (C=O) groups excluding carboxylic acids is 1. The summed E-state index contributed by atoms with van der Waals surface area (Å²) in [6.45, 7) is 2.58. The molecule has 4 aromatic rings. The van der Waals surface area contributed by atoms with Crippen molar-refractivity contribution in [1.82, 2.24) is 15.1 Å². The molecule has 0 spiro atoms. The highest BCUT2D eigenvalue weighted by molar-refractivity contribution is 9.10. The van der Waals surface area contributed by atoms with Gasteiger partial charge in [0.25, 0.3) is 5.91 Å². The number of methoxy groups -OCH3 is 1. The smallest absolute Gasteiger partial charge is 0.273 e. The Balaban J connectivity index is 1.61. The minimum Gasteiger partial charge on any atom is -0.497 e.